The van der Waals surface area contributed by atoms with E-state index in [9.17, 15) is 4.79 Å². The summed E-state index contributed by atoms with van der Waals surface area (Å²) in [5.74, 6) is 1.91. The summed E-state index contributed by atoms with van der Waals surface area (Å²) in [5, 5.41) is 5.67. The average Bonchev–Trinajstić information content (AvgIpc) is 2.61. The molecule has 2 aromatic carbocycles. The molecule has 2 amide bonds. The minimum absolute atomic E-state index is 0.195. The average molecular weight is 344 g/mol. The van der Waals surface area contributed by atoms with E-state index in [0.29, 0.717) is 29.5 Å². The van der Waals surface area contributed by atoms with E-state index in [1.165, 1.54) is 0 Å². The number of rotatable bonds is 7. The van der Waals surface area contributed by atoms with Crippen LogP contribution < -0.4 is 24.8 Å². The second-order valence-electron chi connectivity index (χ2n) is 5.61. The molecule has 0 aliphatic carbocycles. The summed E-state index contributed by atoms with van der Waals surface area (Å²) in [6.45, 7) is 4.09. The number of aryl methyl sites for hydroxylation is 1. The maximum absolute atomic E-state index is 12.2. The highest BCUT2D eigenvalue weighted by Crippen LogP contribution is 2.27. The first-order valence-corrected chi connectivity index (χ1v) is 8.02. The quantitative estimate of drug-likeness (QED) is 0.805. The van der Waals surface area contributed by atoms with Gasteiger partial charge in [-0.1, -0.05) is 24.3 Å². The Morgan fingerprint density at radius 2 is 1.64 bits per heavy atom. The van der Waals surface area contributed by atoms with Crippen LogP contribution in [0.2, 0.25) is 0 Å². The van der Waals surface area contributed by atoms with Gasteiger partial charge in [0.05, 0.1) is 25.9 Å². The van der Waals surface area contributed by atoms with Gasteiger partial charge in [-0.3, -0.25) is 0 Å². The normalized spacial score (nSPS) is 11.4. The highest BCUT2D eigenvalue weighted by atomic mass is 16.5. The van der Waals surface area contributed by atoms with Crippen molar-refractivity contribution < 1.29 is 19.0 Å². The molecule has 6 heteroatoms. The van der Waals surface area contributed by atoms with Crippen molar-refractivity contribution in [1.82, 2.24) is 5.32 Å². The van der Waals surface area contributed by atoms with Crippen LogP contribution in [0.4, 0.5) is 10.5 Å². The van der Waals surface area contributed by atoms with Crippen LogP contribution in [-0.2, 0) is 0 Å². The molecule has 0 aliphatic heterocycles. The molecule has 0 spiro atoms. The van der Waals surface area contributed by atoms with Gasteiger partial charge in [-0.25, -0.2) is 4.79 Å². The van der Waals surface area contributed by atoms with Gasteiger partial charge in [0, 0.05) is 0 Å². The maximum Gasteiger partial charge on any atom is 0.319 e. The Bertz CT molecular complexity index is 718. The summed E-state index contributed by atoms with van der Waals surface area (Å²) in [6, 6.07) is 12.5. The van der Waals surface area contributed by atoms with Gasteiger partial charge in [0.15, 0.2) is 11.5 Å². The van der Waals surface area contributed by atoms with Crippen LogP contribution in [0.5, 0.6) is 17.2 Å². The van der Waals surface area contributed by atoms with E-state index in [-0.39, 0.29) is 12.1 Å². The predicted octanol–water partition coefficient (Wildman–Crippen LogP) is 3.60. The highest BCUT2D eigenvalue weighted by molar-refractivity contribution is 5.92. The monoisotopic (exact) mass is 344 g/mol. The van der Waals surface area contributed by atoms with Gasteiger partial charge in [0.2, 0.25) is 0 Å². The molecule has 2 aromatic rings. The number of carbonyl (C=O) groups excluding carboxylic acids is 1. The summed E-state index contributed by atoms with van der Waals surface area (Å²) in [6.07, 6.45) is 0. The third-order valence-corrected chi connectivity index (χ3v) is 3.63. The Balaban J connectivity index is 1.90. The van der Waals surface area contributed by atoms with Crippen molar-refractivity contribution in [1.29, 1.82) is 0 Å². The largest absolute Gasteiger partial charge is 0.495 e. The van der Waals surface area contributed by atoms with Crippen LogP contribution in [0, 0.1) is 6.92 Å². The lowest BCUT2D eigenvalue weighted by Crippen LogP contribution is -2.39. The van der Waals surface area contributed by atoms with Gasteiger partial charge in [0.1, 0.15) is 12.4 Å². The SMILES string of the molecule is COc1ccccc1OC[C@H](C)NC(=O)Nc1c(C)cccc1OC. The molecule has 0 unspecified atom stereocenters. The van der Waals surface area contributed by atoms with Crippen LogP contribution in [0.3, 0.4) is 0 Å². The predicted molar refractivity (Wildman–Crippen MR) is 97.8 cm³/mol. The zero-order valence-electron chi connectivity index (χ0n) is 15.0. The van der Waals surface area contributed by atoms with E-state index in [1.54, 1.807) is 20.3 Å². The number of amides is 2. The van der Waals surface area contributed by atoms with Crippen molar-refractivity contribution in [3.8, 4) is 17.2 Å². The smallest absolute Gasteiger partial charge is 0.319 e. The molecule has 0 saturated heterocycles. The summed E-state index contributed by atoms with van der Waals surface area (Å²) in [4.78, 5) is 12.2. The zero-order chi connectivity index (χ0) is 18.2. The number of hydrogen-bond acceptors (Lipinski definition) is 4. The number of ether oxygens (including phenoxy) is 3. The van der Waals surface area contributed by atoms with Crippen LogP contribution in [0.1, 0.15) is 12.5 Å². The summed E-state index contributed by atoms with van der Waals surface area (Å²) < 4.78 is 16.2. The molecule has 6 nitrogen and oxygen atoms in total. The standard InChI is InChI=1S/C19H24N2O4/c1-13-8-7-11-17(24-4)18(13)21-19(22)20-14(2)12-25-16-10-6-5-9-15(16)23-3/h5-11,14H,12H2,1-4H3,(H2,20,21,22)/t14-/m0/s1. The van der Waals surface area contributed by atoms with Crippen molar-refractivity contribution in [3.63, 3.8) is 0 Å². The number of nitrogens with one attached hydrogen (secondary N) is 2. The fraction of sp³-hybridized carbons (Fsp3) is 0.316. The first kappa shape index (κ1) is 18.4. The van der Waals surface area contributed by atoms with Crippen molar-refractivity contribution in [2.45, 2.75) is 19.9 Å². The maximum atomic E-state index is 12.2. The first-order chi connectivity index (χ1) is 12.0. The Hall–Kier alpha value is -2.89. The van der Waals surface area contributed by atoms with Gasteiger partial charge in [-0.05, 0) is 37.6 Å². The van der Waals surface area contributed by atoms with E-state index in [1.807, 2.05) is 50.2 Å². The number of benzene rings is 2. The van der Waals surface area contributed by atoms with Crippen LogP contribution >= 0.6 is 0 Å². The van der Waals surface area contributed by atoms with E-state index in [0.717, 1.165) is 5.56 Å². The summed E-state index contributed by atoms with van der Waals surface area (Å²) >= 11 is 0. The number of carbonyl (C=O) groups is 1. The van der Waals surface area contributed by atoms with Crippen molar-refractivity contribution >= 4 is 11.7 Å². The first-order valence-electron chi connectivity index (χ1n) is 8.02. The molecule has 25 heavy (non-hydrogen) atoms. The molecule has 0 aromatic heterocycles. The van der Waals surface area contributed by atoms with E-state index in [4.69, 9.17) is 14.2 Å². The summed E-state index contributed by atoms with van der Waals surface area (Å²) in [5.41, 5.74) is 1.58. The molecule has 0 bridgehead atoms. The molecule has 0 heterocycles. The van der Waals surface area contributed by atoms with Crippen molar-refractivity contribution in [3.05, 3.63) is 48.0 Å². The summed E-state index contributed by atoms with van der Waals surface area (Å²) in [7, 11) is 3.16. The molecule has 2 N–H and O–H groups in total. The number of anilines is 1. The van der Waals surface area contributed by atoms with E-state index in [2.05, 4.69) is 10.6 Å². The highest BCUT2D eigenvalue weighted by Gasteiger charge is 2.13. The van der Waals surface area contributed by atoms with E-state index >= 15 is 0 Å². The lowest BCUT2D eigenvalue weighted by Gasteiger charge is -2.18. The van der Waals surface area contributed by atoms with Crippen molar-refractivity contribution in [2.24, 2.45) is 0 Å². The zero-order valence-corrected chi connectivity index (χ0v) is 15.0. The van der Waals surface area contributed by atoms with Crippen LogP contribution in [0.25, 0.3) is 0 Å². The Morgan fingerprint density at radius 1 is 1.00 bits per heavy atom. The topological polar surface area (TPSA) is 68.8 Å². The fourth-order valence-electron chi connectivity index (χ4n) is 2.34. The molecule has 0 radical (unpaired) electrons. The van der Waals surface area contributed by atoms with Gasteiger partial charge in [-0.15, -0.1) is 0 Å². The Kier molecular flexibility index (Phi) is 6.51. The molecule has 0 saturated carbocycles. The lowest BCUT2D eigenvalue weighted by atomic mass is 10.2. The molecule has 1 atom stereocenters. The third kappa shape index (κ3) is 5.04. The van der Waals surface area contributed by atoms with Crippen LogP contribution in [-0.4, -0.2) is 32.9 Å². The Morgan fingerprint density at radius 3 is 2.32 bits per heavy atom. The minimum Gasteiger partial charge on any atom is -0.495 e. The van der Waals surface area contributed by atoms with Crippen molar-refractivity contribution in [2.75, 3.05) is 26.1 Å². The second kappa shape index (κ2) is 8.82. The van der Waals surface area contributed by atoms with Gasteiger partial charge in [-0.2, -0.15) is 0 Å². The molecule has 0 fully saturated rings. The van der Waals surface area contributed by atoms with Crippen LogP contribution in [0.15, 0.2) is 42.5 Å². The number of hydrogen-bond donors (Lipinski definition) is 2. The van der Waals surface area contributed by atoms with Gasteiger partial charge < -0.3 is 24.8 Å². The molecule has 134 valence electrons. The third-order valence-electron chi connectivity index (χ3n) is 3.63. The second-order valence-corrected chi connectivity index (χ2v) is 5.61. The molecular formula is C19H24N2O4. The minimum atomic E-state index is -0.316. The van der Waals surface area contributed by atoms with Gasteiger partial charge in [0.25, 0.3) is 0 Å². The molecule has 0 aliphatic rings. The molecular weight excluding hydrogens is 320 g/mol. The van der Waals surface area contributed by atoms with E-state index < -0.39 is 0 Å². The number of methoxy groups -OCH3 is 2. The number of para-hydroxylation sites is 3. The fourth-order valence-corrected chi connectivity index (χ4v) is 2.34. The van der Waals surface area contributed by atoms with Gasteiger partial charge >= 0.3 is 6.03 Å². The number of urea groups is 1. The molecule has 2 rings (SSSR count). The Labute approximate surface area is 148 Å². The lowest BCUT2D eigenvalue weighted by molar-refractivity contribution is 0.233.